The molecule has 0 bridgehead atoms. The number of hydrogen-bond donors (Lipinski definition) is 0. The monoisotopic (exact) mass is 476 g/mol. The smallest absolute Gasteiger partial charge is 0.422 e. The second kappa shape index (κ2) is 9.35. The van der Waals surface area contributed by atoms with Gasteiger partial charge in [0.15, 0.2) is 0 Å². The lowest BCUT2D eigenvalue weighted by Crippen LogP contribution is -2.57. The SMILES string of the molecule is CCC1CCC(c2ccc(-c3ccc(OC(=O)C(F)(F)C(F)(F)C(F)(F)F)cc3)cc2)CC1. The molecule has 33 heavy (non-hydrogen) atoms. The van der Waals surface area contributed by atoms with Crippen LogP contribution in [-0.4, -0.2) is 24.0 Å². The van der Waals surface area contributed by atoms with E-state index in [-0.39, 0.29) is 0 Å². The first-order valence-electron chi connectivity index (χ1n) is 10.6. The van der Waals surface area contributed by atoms with E-state index in [0.717, 1.165) is 36.5 Å². The number of rotatable bonds is 6. The summed E-state index contributed by atoms with van der Waals surface area (Å²) in [6.45, 7) is 2.20. The Hall–Kier alpha value is -2.58. The zero-order valence-corrected chi connectivity index (χ0v) is 17.8. The van der Waals surface area contributed by atoms with E-state index in [1.165, 1.54) is 37.0 Å². The molecule has 0 aliphatic heterocycles. The van der Waals surface area contributed by atoms with Crippen LogP contribution in [0, 0.1) is 5.92 Å². The van der Waals surface area contributed by atoms with Gasteiger partial charge >= 0.3 is 24.0 Å². The number of benzene rings is 2. The minimum atomic E-state index is -6.61. The van der Waals surface area contributed by atoms with E-state index in [0.29, 0.717) is 11.5 Å². The first-order valence-corrected chi connectivity index (χ1v) is 10.6. The third-order valence-electron chi connectivity index (χ3n) is 6.21. The average Bonchev–Trinajstić information content (AvgIpc) is 2.79. The van der Waals surface area contributed by atoms with Gasteiger partial charge in [0.1, 0.15) is 5.75 Å². The molecule has 0 unspecified atom stereocenters. The minimum Gasteiger partial charge on any atom is -0.422 e. The van der Waals surface area contributed by atoms with Gasteiger partial charge in [0.2, 0.25) is 0 Å². The standard InChI is InChI=1S/C24H23F7O2/c1-2-15-3-5-16(6-4-15)17-7-9-18(10-8-17)19-11-13-20(14-12-19)33-21(32)22(25,26)23(27,28)24(29,30)31/h7-16H,2-6H2,1H3. The average molecular weight is 476 g/mol. The number of ether oxygens (including phenoxy) is 1. The van der Waals surface area contributed by atoms with Gasteiger partial charge in [-0.2, -0.15) is 30.7 Å². The van der Waals surface area contributed by atoms with E-state index >= 15 is 0 Å². The van der Waals surface area contributed by atoms with Crippen LogP contribution in [0.5, 0.6) is 5.75 Å². The van der Waals surface area contributed by atoms with Crippen LogP contribution in [0.4, 0.5) is 30.7 Å². The largest absolute Gasteiger partial charge is 0.460 e. The molecule has 1 aliphatic carbocycles. The highest BCUT2D eigenvalue weighted by molar-refractivity contribution is 5.81. The highest BCUT2D eigenvalue weighted by atomic mass is 19.4. The second-order valence-corrected chi connectivity index (χ2v) is 8.31. The summed E-state index contributed by atoms with van der Waals surface area (Å²) in [5.41, 5.74) is 2.64. The molecule has 0 spiro atoms. The molecule has 0 radical (unpaired) electrons. The summed E-state index contributed by atoms with van der Waals surface area (Å²) >= 11 is 0. The van der Waals surface area contributed by atoms with Crippen molar-refractivity contribution < 1.29 is 40.3 Å². The number of carbonyl (C=O) groups is 1. The highest BCUT2D eigenvalue weighted by Gasteiger charge is 2.77. The molecule has 2 aromatic rings. The Labute approximate surface area is 186 Å². The van der Waals surface area contributed by atoms with Crippen molar-refractivity contribution in [1.29, 1.82) is 0 Å². The molecule has 2 nitrogen and oxygen atoms in total. The van der Waals surface area contributed by atoms with Gasteiger partial charge in [0.25, 0.3) is 0 Å². The zero-order chi connectivity index (χ0) is 24.4. The van der Waals surface area contributed by atoms with Gasteiger partial charge in [0, 0.05) is 0 Å². The molecule has 3 rings (SSSR count). The van der Waals surface area contributed by atoms with E-state index in [9.17, 15) is 35.5 Å². The fourth-order valence-corrected chi connectivity index (χ4v) is 4.04. The maximum atomic E-state index is 13.4. The maximum Gasteiger partial charge on any atom is 0.460 e. The van der Waals surface area contributed by atoms with Crippen molar-refractivity contribution in [3.63, 3.8) is 0 Å². The summed E-state index contributed by atoms with van der Waals surface area (Å²) in [4.78, 5) is 11.4. The van der Waals surface area contributed by atoms with Crippen LogP contribution in [0.3, 0.4) is 0 Å². The van der Waals surface area contributed by atoms with Crippen LogP contribution in [-0.2, 0) is 4.79 Å². The van der Waals surface area contributed by atoms with Crippen molar-refractivity contribution in [2.45, 2.75) is 63.0 Å². The Morgan fingerprint density at radius 1 is 0.818 bits per heavy atom. The molecule has 1 fully saturated rings. The lowest BCUT2D eigenvalue weighted by atomic mass is 9.77. The first kappa shape index (κ1) is 25.1. The summed E-state index contributed by atoms with van der Waals surface area (Å²) in [6, 6.07) is 12.7. The van der Waals surface area contributed by atoms with Crippen LogP contribution in [0.25, 0.3) is 11.1 Å². The lowest BCUT2D eigenvalue weighted by Gasteiger charge is -2.28. The summed E-state index contributed by atoms with van der Waals surface area (Å²) in [5.74, 6) is -14.9. The number of halogens is 7. The van der Waals surface area contributed by atoms with E-state index < -0.39 is 29.7 Å². The zero-order valence-electron chi connectivity index (χ0n) is 17.8. The van der Waals surface area contributed by atoms with Gasteiger partial charge < -0.3 is 4.74 Å². The van der Waals surface area contributed by atoms with Crippen molar-refractivity contribution in [3.8, 4) is 16.9 Å². The van der Waals surface area contributed by atoms with Crippen molar-refractivity contribution in [1.82, 2.24) is 0 Å². The molecule has 0 amide bonds. The Bertz CT molecular complexity index is 942. The Morgan fingerprint density at radius 3 is 1.76 bits per heavy atom. The van der Waals surface area contributed by atoms with E-state index in [1.54, 1.807) is 0 Å². The quantitative estimate of drug-likeness (QED) is 0.242. The molecule has 0 heterocycles. The molecule has 0 N–H and O–H groups in total. The molecular formula is C24H23F7O2. The summed E-state index contributed by atoms with van der Waals surface area (Å²) in [6.07, 6.45) is -0.736. The normalized spacial score (nSPS) is 19.9. The number of carbonyl (C=O) groups excluding carboxylic acids is 1. The summed E-state index contributed by atoms with van der Waals surface area (Å²) in [7, 11) is 0. The Morgan fingerprint density at radius 2 is 1.30 bits per heavy atom. The van der Waals surface area contributed by atoms with Gasteiger partial charge in [-0.1, -0.05) is 49.7 Å². The predicted octanol–water partition coefficient (Wildman–Crippen LogP) is 7.78. The summed E-state index contributed by atoms with van der Waals surface area (Å²) in [5, 5.41) is 0. The fraction of sp³-hybridized carbons (Fsp3) is 0.458. The van der Waals surface area contributed by atoms with Crippen molar-refractivity contribution >= 4 is 5.97 Å². The first-order chi connectivity index (χ1) is 15.4. The van der Waals surface area contributed by atoms with E-state index in [4.69, 9.17) is 0 Å². The highest BCUT2D eigenvalue weighted by Crippen LogP contribution is 2.47. The molecular weight excluding hydrogens is 453 g/mol. The number of alkyl halides is 7. The van der Waals surface area contributed by atoms with E-state index in [1.807, 2.05) is 24.3 Å². The van der Waals surface area contributed by atoms with Gasteiger partial charge in [-0.25, -0.2) is 4.79 Å². The maximum absolute atomic E-state index is 13.4. The van der Waals surface area contributed by atoms with Crippen LogP contribution >= 0.6 is 0 Å². The molecule has 0 saturated heterocycles. The Balaban J connectivity index is 1.66. The van der Waals surface area contributed by atoms with Gasteiger partial charge in [0.05, 0.1) is 0 Å². The lowest BCUT2D eigenvalue weighted by molar-refractivity contribution is -0.346. The topological polar surface area (TPSA) is 26.3 Å². The fourth-order valence-electron chi connectivity index (χ4n) is 4.04. The molecule has 1 saturated carbocycles. The van der Waals surface area contributed by atoms with Crippen LogP contribution in [0.15, 0.2) is 48.5 Å². The van der Waals surface area contributed by atoms with Crippen molar-refractivity contribution in [3.05, 3.63) is 54.1 Å². The summed E-state index contributed by atoms with van der Waals surface area (Å²) < 4.78 is 93.5. The molecule has 180 valence electrons. The predicted molar refractivity (Wildman–Crippen MR) is 108 cm³/mol. The van der Waals surface area contributed by atoms with Gasteiger partial charge in [-0.3, -0.25) is 0 Å². The van der Waals surface area contributed by atoms with Crippen molar-refractivity contribution in [2.24, 2.45) is 5.92 Å². The molecule has 0 aromatic heterocycles. The third-order valence-corrected chi connectivity index (χ3v) is 6.21. The second-order valence-electron chi connectivity index (χ2n) is 8.31. The third kappa shape index (κ3) is 5.17. The number of esters is 1. The minimum absolute atomic E-state index is 0.500. The molecule has 2 aromatic carbocycles. The van der Waals surface area contributed by atoms with Crippen molar-refractivity contribution in [2.75, 3.05) is 0 Å². The van der Waals surface area contributed by atoms with E-state index in [2.05, 4.69) is 11.7 Å². The van der Waals surface area contributed by atoms with Crippen LogP contribution < -0.4 is 4.74 Å². The van der Waals surface area contributed by atoms with Crippen LogP contribution in [0.2, 0.25) is 0 Å². The van der Waals surface area contributed by atoms with Gasteiger partial charge in [-0.15, -0.1) is 0 Å². The molecule has 9 heteroatoms. The number of hydrogen-bond acceptors (Lipinski definition) is 2. The molecule has 0 atom stereocenters. The van der Waals surface area contributed by atoms with Crippen LogP contribution in [0.1, 0.15) is 50.5 Å². The Kier molecular flexibility index (Phi) is 7.10. The molecule has 1 aliphatic rings. The van der Waals surface area contributed by atoms with Gasteiger partial charge in [-0.05, 0) is 66.3 Å².